The number of fused-ring (bicyclic) bond motifs is 1. The van der Waals surface area contributed by atoms with Crippen molar-refractivity contribution in [2.75, 3.05) is 6.54 Å². The molecule has 1 atom stereocenters. The first kappa shape index (κ1) is 10.1. The predicted molar refractivity (Wildman–Crippen MR) is 67.0 cm³/mol. The molecule has 84 valence electrons. The maximum absolute atomic E-state index is 3.81. The van der Waals surface area contributed by atoms with E-state index in [0.717, 1.165) is 12.6 Å². The highest BCUT2D eigenvalue weighted by Crippen LogP contribution is 2.34. The predicted octanol–water partition coefficient (Wildman–Crippen LogP) is 2.43. The molecule has 0 saturated carbocycles. The molecule has 1 aromatic rings. The van der Waals surface area contributed by atoms with Crippen LogP contribution in [0.25, 0.3) is 5.57 Å². The number of aromatic nitrogens is 1. The fraction of sp³-hybridized carbons (Fsp3) is 0.462. The smallest absolute Gasteiger partial charge is 0.266 e. The lowest BCUT2D eigenvalue weighted by atomic mass is 9.92. The maximum atomic E-state index is 3.81. The van der Waals surface area contributed by atoms with Crippen LogP contribution in [0.15, 0.2) is 30.4 Å². The molecule has 0 N–H and O–H groups in total. The van der Waals surface area contributed by atoms with Crippen LogP contribution in [-0.2, 0) is 6.54 Å². The van der Waals surface area contributed by atoms with Crippen LogP contribution in [0.2, 0.25) is 0 Å². The van der Waals surface area contributed by atoms with Crippen molar-refractivity contribution < 1.29 is 4.57 Å². The molecule has 3 heterocycles. The number of rotatable bonds is 3. The molecule has 3 rings (SSSR count). The lowest BCUT2D eigenvalue weighted by molar-refractivity contribution is -0.684. The Balaban J connectivity index is 1.88. The summed E-state index contributed by atoms with van der Waals surface area (Å²) in [6.07, 6.45) is 10.5. The molecule has 2 aliphatic heterocycles. The third-order valence-electron chi connectivity index (χ3n) is 3.54. The number of nitrogens with zero attached hydrogens (tertiary/aromatic N) is 2. The van der Waals surface area contributed by atoms with Gasteiger partial charge >= 0.3 is 0 Å². The zero-order valence-electron chi connectivity index (χ0n) is 9.43. The molecule has 2 aliphatic rings. The van der Waals surface area contributed by atoms with Gasteiger partial charge in [0, 0.05) is 18.8 Å². The molecule has 1 fully saturated rings. The Morgan fingerprint density at radius 1 is 1.56 bits per heavy atom. The summed E-state index contributed by atoms with van der Waals surface area (Å²) in [4.78, 5) is 2.50. The molecule has 1 aromatic heterocycles. The van der Waals surface area contributed by atoms with E-state index in [4.69, 9.17) is 0 Å². The number of hydrogen-bond acceptors (Lipinski definition) is 2. The monoisotopic (exact) mass is 233 g/mol. The van der Waals surface area contributed by atoms with E-state index < -0.39 is 0 Å². The molecule has 16 heavy (non-hydrogen) atoms. The summed E-state index contributed by atoms with van der Waals surface area (Å²) in [6, 6.07) is 0.844. The van der Waals surface area contributed by atoms with E-state index in [1.807, 2.05) is 17.4 Å². The van der Waals surface area contributed by atoms with E-state index in [9.17, 15) is 0 Å². The fourth-order valence-electron chi connectivity index (χ4n) is 2.54. The van der Waals surface area contributed by atoms with Crippen LogP contribution in [-0.4, -0.2) is 17.5 Å². The van der Waals surface area contributed by atoms with E-state index >= 15 is 0 Å². The first-order chi connectivity index (χ1) is 7.88. The molecule has 2 nitrogen and oxygen atoms in total. The van der Waals surface area contributed by atoms with Crippen LogP contribution in [0.1, 0.15) is 24.3 Å². The molecule has 1 saturated heterocycles. The van der Waals surface area contributed by atoms with Crippen molar-refractivity contribution in [3.63, 3.8) is 0 Å². The van der Waals surface area contributed by atoms with Gasteiger partial charge in [0.2, 0.25) is 0 Å². The van der Waals surface area contributed by atoms with Crippen molar-refractivity contribution in [1.82, 2.24) is 4.90 Å². The summed E-state index contributed by atoms with van der Waals surface area (Å²) < 4.78 is 2.30. The SMILES string of the molecule is C=CC[n+]1ccsc1C1=CN2CCC2CC1. The van der Waals surface area contributed by atoms with Crippen LogP contribution in [0, 0.1) is 0 Å². The Morgan fingerprint density at radius 2 is 2.50 bits per heavy atom. The van der Waals surface area contributed by atoms with Crippen molar-refractivity contribution in [2.24, 2.45) is 0 Å². The molecule has 3 heteroatoms. The Bertz CT molecular complexity index is 433. The normalized spacial score (nSPS) is 23.4. The largest absolute Gasteiger partial charge is 0.374 e. The van der Waals surface area contributed by atoms with E-state index in [1.54, 1.807) is 0 Å². The fourth-order valence-corrected chi connectivity index (χ4v) is 3.45. The summed E-state index contributed by atoms with van der Waals surface area (Å²) in [6.45, 7) is 5.98. The summed E-state index contributed by atoms with van der Waals surface area (Å²) >= 11 is 1.84. The van der Waals surface area contributed by atoms with Gasteiger partial charge in [0.1, 0.15) is 0 Å². The lowest BCUT2D eigenvalue weighted by Gasteiger charge is -2.43. The molecular formula is C13H17N2S+. The average Bonchev–Trinajstić information content (AvgIpc) is 2.69. The first-order valence-corrected chi connectivity index (χ1v) is 6.81. The van der Waals surface area contributed by atoms with Crippen molar-refractivity contribution in [3.05, 3.63) is 35.4 Å². The highest BCUT2D eigenvalue weighted by atomic mass is 32.1. The van der Waals surface area contributed by atoms with E-state index in [1.165, 1.54) is 36.4 Å². The second-order valence-electron chi connectivity index (χ2n) is 4.52. The van der Waals surface area contributed by atoms with Crippen LogP contribution < -0.4 is 4.57 Å². The Hall–Kier alpha value is -1.09. The quantitative estimate of drug-likeness (QED) is 0.574. The second kappa shape index (κ2) is 4.06. The lowest BCUT2D eigenvalue weighted by Crippen LogP contribution is -2.46. The van der Waals surface area contributed by atoms with Crippen LogP contribution in [0.5, 0.6) is 0 Å². The van der Waals surface area contributed by atoms with Gasteiger partial charge in [-0.1, -0.05) is 17.9 Å². The topological polar surface area (TPSA) is 7.12 Å². The third kappa shape index (κ3) is 1.59. The molecule has 0 aromatic carbocycles. The van der Waals surface area contributed by atoms with Gasteiger partial charge in [-0.05, 0) is 25.3 Å². The molecule has 0 bridgehead atoms. The Labute approximate surface area is 101 Å². The number of thiazole rings is 1. The van der Waals surface area contributed by atoms with Crippen LogP contribution in [0.3, 0.4) is 0 Å². The van der Waals surface area contributed by atoms with Gasteiger partial charge in [-0.2, -0.15) is 4.57 Å². The minimum absolute atomic E-state index is 0.844. The van der Waals surface area contributed by atoms with Gasteiger partial charge in [-0.3, -0.25) is 0 Å². The highest BCUT2D eigenvalue weighted by Gasteiger charge is 2.31. The maximum Gasteiger partial charge on any atom is 0.266 e. The van der Waals surface area contributed by atoms with Crippen molar-refractivity contribution in [1.29, 1.82) is 0 Å². The third-order valence-corrected chi connectivity index (χ3v) is 4.52. The molecule has 1 unspecified atom stereocenters. The summed E-state index contributed by atoms with van der Waals surface area (Å²) in [5.41, 5.74) is 1.51. The van der Waals surface area contributed by atoms with Gasteiger partial charge in [-0.25, -0.2) is 0 Å². The summed E-state index contributed by atoms with van der Waals surface area (Å²) in [5.74, 6) is 0. The number of hydrogen-bond donors (Lipinski definition) is 0. The highest BCUT2D eigenvalue weighted by molar-refractivity contribution is 7.10. The van der Waals surface area contributed by atoms with Gasteiger partial charge < -0.3 is 4.90 Å². The Kier molecular flexibility index (Phi) is 2.56. The van der Waals surface area contributed by atoms with E-state index in [-0.39, 0.29) is 0 Å². The zero-order valence-corrected chi connectivity index (χ0v) is 10.2. The summed E-state index contributed by atoms with van der Waals surface area (Å²) in [5, 5.41) is 3.58. The molecule has 0 amide bonds. The van der Waals surface area contributed by atoms with Crippen molar-refractivity contribution >= 4 is 16.9 Å². The standard InChI is InChI=1S/C13H17N2S/c1-2-6-14-8-9-16-13(14)11-3-4-12-5-7-15(12)10-11/h2,8-10,12H,1,3-7H2/q+1. The Morgan fingerprint density at radius 3 is 3.19 bits per heavy atom. The van der Waals surface area contributed by atoms with Gasteiger partial charge in [0.05, 0.1) is 11.0 Å². The van der Waals surface area contributed by atoms with Gasteiger partial charge in [0.25, 0.3) is 5.01 Å². The number of allylic oxidation sites excluding steroid dienone is 2. The minimum Gasteiger partial charge on any atom is -0.374 e. The molecule has 0 spiro atoms. The van der Waals surface area contributed by atoms with Crippen LogP contribution in [0.4, 0.5) is 0 Å². The van der Waals surface area contributed by atoms with E-state index in [2.05, 4.69) is 33.8 Å². The van der Waals surface area contributed by atoms with Gasteiger partial charge in [-0.15, -0.1) is 0 Å². The average molecular weight is 233 g/mol. The zero-order chi connectivity index (χ0) is 11.0. The molecule has 0 radical (unpaired) electrons. The van der Waals surface area contributed by atoms with Crippen LogP contribution >= 0.6 is 11.3 Å². The molecular weight excluding hydrogens is 216 g/mol. The van der Waals surface area contributed by atoms with E-state index in [0.29, 0.717) is 0 Å². The van der Waals surface area contributed by atoms with Gasteiger partial charge in [0.15, 0.2) is 12.7 Å². The van der Waals surface area contributed by atoms with Crippen molar-refractivity contribution in [3.8, 4) is 0 Å². The second-order valence-corrected chi connectivity index (χ2v) is 5.42. The summed E-state index contributed by atoms with van der Waals surface area (Å²) in [7, 11) is 0. The van der Waals surface area contributed by atoms with Crippen molar-refractivity contribution in [2.45, 2.75) is 31.8 Å². The molecule has 0 aliphatic carbocycles. The first-order valence-electron chi connectivity index (χ1n) is 5.93. The minimum atomic E-state index is 0.844.